The largest absolute Gasteiger partial charge is 0.505 e. The number of ether oxygens (including phenoxy) is 2. The average Bonchev–Trinajstić information content (AvgIpc) is 2.25. The molecule has 0 unspecified atom stereocenters. The van der Waals surface area contributed by atoms with Crippen LogP contribution in [0.4, 0.5) is 0 Å². The molecule has 0 aromatic rings. The summed E-state index contributed by atoms with van der Waals surface area (Å²) in [5, 5.41) is 0. The minimum Gasteiger partial charge on any atom is -0.505 e. The first-order valence-corrected chi connectivity index (χ1v) is 5.68. The van der Waals surface area contributed by atoms with Crippen molar-refractivity contribution in [1.29, 1.82) is 0 Å². The second-order valence-electron chi connectivity index (χ2n) is 3.97. The van der Waals surface area contributed by atoms with Crippen molar-refractivity contribution in [2.75, 3.05) is 13.7 Å². The van der Waals surface area contributed by atoms with Crippen molar-refractivity contribution in [2.24, 2.45) is 5.92 Å². The molecule has 0 aromatic heterocycles. The van der Waals surface area contributed by atoms with Crippen molar-refractivity contribution in [2.45, 2.75) is 45.1 Å². The predicted molar refractivity (Wildman–Crippen MR) is 58.1 cm³/mol. The van der Waals surface area contributed by atoms with Gasteiger partial charge in [0.2, 0.25) is 0 Å². The van der Waals surface area contributed by atoms with E-state index in [2.05, 4.69) is 13.0 Å². The van der Waals surface area contributed by atoms with E-state index >= 15 is 0 Å². The van der Waals surface area contributed by atoms with E-state index in [9.17, 15) is 0 Å². The van der Waals surface area contributed by atoms with Gasteiger partial charge in [0.05, 0.1) is 19.5 Å². The van der Waals surface area contributed by atoms with Crippen LogP contribution < -0.4 is 0 Å². The van der Waals surface area contributed by atoms with Crippen LogP contribution in [0.15, 0.2) is 12.3 Å². The monoisotopic (exact) mass is 198 g/mol. The molecule has 1 rings (SSSR count). The predicted octanol–water partition coefficient (Wildman–Crippen LogP) is 3.13. The second-order valence-corrected chi connectivity index (χ2v) is 3.97. The van der Waals surface area contributed by atoms with Gasteiger partial charge in [-0.05, 0) is 44.1 Å². The molecule has 2 heteroatoms. The quantitative estimate of drug-likeness (QED) is 0.632. The molecule has 0 radical (unpaired) electrons. The lowest BCUT2D eigenvalue weighted by Crippen LogP contribution is -2.21. The fraction of sp³-hybridized carbons (Fsp3) is 0.833. The van der Waals surface area contributed by atoms with Gasteiger partial charge < -0.3 is 9.47 Å². The van der Waals surface area contributed by atoms with Gasteiger partial charge in [-0.15, -0.1) is 0 Å². The maximum Gasteiger partial charge on any atom is 0.0787 e. The van der Waals surface area contributed by atoms with E-state index in [1.165, 1.54) is 25.7 Å². The maximum atomic E-state index is 5.73. The Morgan fingerprint density at radius 2 is 1.93 bits per heavy atom. The van der Waals surface area contributed by atoms with Crippen LogP contribution in [0.25, 0.3) is 0 Å². The normalized spacial score (nSPS) is 28.1. The Kier molecular flexibility index (Phi) is 5.69. The number of rotatable bonds is 5. The highest BCUT2D eigenvalue weighted by molar-refractivity contribution is 4.87. The van der Waals surface area contributed by atoms with Crippen molar-refractivity contribution in [3.63, 3.8) is 0 Å². The lowest BCUT2D eigenvalue weighted by molar-refractivity contribution is 0.0225. The average molecular weight is 198 g/mol. The van der Waals surface area contributed by atoms with Crippen LogP contribution in [0.3, 0.4) is 0 Å². The molecule has 0 saturated heterocycles. The Labute approximate surface area is 87.3 Å². The van der Waals surface area contributed by atoms with Gasteiger partial charge in [-0.25, -0.2) is 0 Å². The topological polar surface area (TPSA) is 18.5 Å². The molecule has 0 spiro atoms. The molecule has 14 heavy (non-hydrogen) atoms. The number of hydrogen-bond donors (Lipinski definition) is 0. The summed E-state index contributed by atoms with van der Waals surface area (Å²) in [5.74, 6) is 0.705. The SMILES string of the molecule is CCCOC1CCC(/C=C/OC)CC1. The van der Waals surface area contributed by atoms with E-state index < -0.39 is 0 Å². The Morgan fingerprint density at radius 1 is 1.21 bits per heavy atom. The van der Waals surface area contributed by atoms with Gasteiger partial charge >= 0.3 is 0 Å². The smallest absolute Gasteiger partial charge is 0.0787 e. The zero-order valence-corrected chi connectivity index (χ0v) is 9.37. The van der Waals surface area contributed by atoms with E-state index in [1.54, 1.807) is 13.4 Å². The Balaban J connectivity index is 2.14. The summed E-state index contributed by atoms with van der Waals surface area (Å²) in [5.41, 5.74) is 0. The summed E-state index contributed by atoms with van der Waals surface area (Å²) >= 11 is 0. The van der Waals surface area contributed by atoms with Gasteiger partial charge in [-0.1, -0.05) is 6.92 Å². The summed E-state index contributed by atoms with van der Waals surface area (Å²) in [6.07, 6.45) is 10.5. The van der Waals surface area contributed by atoms with Crippen molar-refractivity contribution < 1.29 is 9.47 Å². The van der Waals surface area contributed by atoms with E-state index in [0.29, 0.717) is 12.0 Å². The van der Waals surface area contributed by atoms with Gasteiger partial charge in [0.25, 0.3) is 0 Å². The fourth-order valence-corrected chi connectivity index (χ4v) is 1.92. The molecule has 0 N–H and O–H groups in total. The molecule has 2 nitrogen and oxygen atoms in total. The zero-order valence-electron chi connectivity index (χ0n) is 9.37. The third-order valence-electron chi connectivity index (χ3n) is 2.76. The van der Waals surface area contributed by atoms with E-state index in [1.807, 2.05) is 0 Å². The molecule has 0 bridgehead atoms. The van der Waals surface area contributed by atoms with Crippen LogP contribution in [-0.2, 0) is 9.47 Å². The van der Waals surface area contributed by atoms with Gasteiger partial charge in [0, 0.05) is 6.61 Å². The zero-order chi connectivity index (χ0) is 10.2. The summed E-state index contributed by atoms with van der Waals surface area (Å²) in [6.45, 7) is 3.08. The highest BCUT2D eigenvalue weighted by Crippen LogP contribution is 2.27. The third-order valence-corrected chi connectivity index (χ3v) is 2.76. The van der Waals surface area contributed by atoms with E-state index in [-0.39, 0.29) is 0 Å². The van der Waals surface area contributed by atoms with Gasteiger partial charge in [0.1, 0.15) is 0 Å². The van der Waals surface area contributed by atoms with Gasteiger partial charge in [-0.2, -0.15) is 0 Å². The first-order chi connectivity index (χ1) is 6.86. The number of allylic oxidation sites excluding steroid dienone is 1. The van der Waals surface area contributed by atoms with Crippen LogP contribution in [0.2, 0.25) is 0 Å². The number of methoxy groups -OCH3 is 1. The molecule has 0 atom stereocenters. The molecule has 0 amide bonds. The van der Waals surface area contributed by atoms with Crippen molar-refractivity contribution in [3.8, 4) is 0 Å². The molecule has 1 aliphatic rings. The molecular weight excluding hydrogens is 176 g/mol. The molecule has 1 aliphatic carbocycles. The summed E-state index contributed by atoms with van der Waals surface area (Å²) < 4.78 is 10.7. The number of hydrogen-bond acceptors (Lipinski definition) is 2. The Morgan fingerprint density at radius 3 is 2.50 bits per heavy atom. The molecular formula is C12H22O2. The van der Waals surface area contributed by atoms with Crippen molar-refractivity contribution in [1.82, 2.24) is 0 Å². The molecule has 1 saturated carbocycles. The minimum atomic E-state index is 0.516. The van der Waals surface area contributed by atoms with Crippen LogP contribution in [0, 0.1) is 5.92 Å². The molecule has 0 aromatic carbocycles. The molecule has 0 heterocycles. The molecule has 1 fully saturated rings. The van der Waals surface area contributed by atoms with Crippen LogP contribution in [-0.4, -0.2) is 19.8 Å². The summed E-state index contributed by atoms with van der Waals surface area (Å²) in [6, 6.07) is 0. The van der Waals surface area contributed by atoms with Gasteiger partial charge in [0.15, 0.2) is 0 Å². The lowest BCUT2D eigenvalue weighted by Gasteiger charge is -2.26. The summed E-state index contributed by atoms with van der Waals surface area (Å²) in [7, 11) is 1.70. The lowest BCUT2D eigenvalue weighted by atomic mass is 9.87. The van der Waals surface area contributed by atoms with Crippen molar-refractivity contribution >= 4 is 0 Å². The Bertz CT molecular complexity index is 158. The highest BCUT2D eigenvalue weighted by atomic mass is 16.5. The maximum absolute atomic E-state index is 5.73. The fourth-order valence-electron chi connectivity index (χ4n) is 1.92. The first kappa shape index (κ1) is 11.6. The minimum absolute atomic E-state index is 0.516. The highest BCUT2D eigenvalue weighted by Gasteiger charge is 2.19. The van der Waals surface area contributed by atoms with Gasteiger partial charge in [-0.3, -0.25) is 0 Å². The standard InChI is InChI=1S/C12H22O2/c1-3-9-14-12-6-4-11(5-7-12)8-10-13-2/h8,10-12H,3-7,9H2,1-2H3/b10-8+. The molecule has 82 valence electrons. The second kappa shape index (κ2) is 6.88. The van der Waals surface area contributed by atoms with Crippen molar-refractivity contribution in [3.05, 3.63) is 12.3 Å². The van der Waals surface area contributed by atoms with Crippen LogP contribution in [0.1, 0.15) is 39.0 Å². The van der Waals surface area contributed by atoms with E-state index in [4.69, 9.17) is 9.47 Å². The first-order valence-electron chi connectivity index (χ1n) is 5.68. The van der Waals surface area contributed by atoms with E-state index in [0.717, 1.165) is 13.0 Å². The van der Waals surface area contributed by atoms with Crippen LogP contribution in [0.5, 0.6) is 0 Å². The summed E-state index contributed by atoms with van der Waals surface area (Å²) in [4.78, 5) is 0. The Hall–Kier alpha value is -0.500. The third kappa shape index (κ3) is 4.14. The molecule has 0 aliphatic heterocycles. The van der Waals surface area contributed by atoms with Crippen LogP contribution >= 0.6 is 0 Å².